The van der Waals surface area contributed by atoms with Crippen molar-refractivity contribution in [2.24, 2.45) is 0 Å². The predicted molar refractivity (Wildman–Crippen MR) is 117 cm³/mol. The molecule has 164 valence electrons. The van der Waals surface area contributed by atoms with Gasteiger partial charge in [-0.25, -0.2) is 9.78 Å². The van der Waals surface area contributed by atoms with Gasteiger partial charge in [-0.3, -0.25) is 20.4 Å². The number of aromatic nitrogens is 1. The number of aliphatic hydroxyl groups excluding tert-OH is 1. The standard InChI is InChI=1S/C24H23N3O5/c1-32-24(31)21-9-5-8-20(25-21)23(30)27-26-22(29)15-19(28)14-16-10-12-18(13-11-16)17-6-3-2-4-7-17/h2-13,19,28H,14-15H2,1H3,(H,26,29)(H,27,30). The Morgan fingerprint density at radius 3 is 2.22 bits per heavy atom. The zero-order valence-corrected chi connectivity index (χ0v) is 17.4. The highest BCUT2D eigenvalue weighted by Crippen LogP contribution is 2.20. The number of aliphatic hydroxyl groups is 1. The molecule has 0 spiro atoms. The van der Waals surface area contributed by atoms with E-state index in [1.54, 1.807) is 0 Å². The van der Waals surface area contributed by atoms with E-state index in [2.05, 4.69) is 20.6 Å². The summed E-state index contributed by atoms with van der Waals surface area (Å²) >= 11 is 0. The normalized spacial score (nSPS) is 11.3. The van der Waals surface area contributed by atoms with E-state index in [0.717, 1.165) is 16.7 Å². The molecule has 1 aromatic heterocycles. The molecule has 3 N–H and O–H groups in total. The number of amides is 2. The second-order valence-electron chi connectivity index (χ2n) is 7.03. The summed E-state index contributed by atoms with van der Waals surface area (Å²) in [4.78, 5) is 39.6. The van der Waals surface area contributed by atoms with Crippen LogP contribution in [0.25, 0.3) is 11.1 Å². The Morgan fingerprint density at radius 1 is 0.875 bits per heavy atom. The Balaban J connectivity index is 1.47. The molecule has 0 aliphatic rings. The highest BCUT2D eigenvalue weighted by Gasteiger charge is 2.15. The summed E-state index contributed by atoms with van der Waals surface area (Å²) in [7, 11) is 1.21. The second-order valence-corrected chi connectivity index (χ2v) is 7.03. The topological polar surface area (TPSA) is 118 Å². The van der Waals surface area contributed by atoms with E-state index < -0.39 is 23.9 Å². The Bertz CT molecular complexity index is 1080. The lowest BCUT2D eigenvalue weighted by atomic mass is 10.0. The Hall–Kier alpha value is -4.04. The lowest BCUT2D eigenvalue weighted by Crippen LogP contribution is -2.43. The minimum Gasteiger partial charge on any atom is -0.464 e. The molecule has 2 amide bonds. The van der Waals surface area contributed by atoms with Crippen LogP contribution in [-0.4, -0.2) is 41.1 Å². The second kappa shape index (κ2) is 10.8. The maximum absolute atomic E-state index is 12.1. The number of hydrogen-bond donors (Lipinski definition) is 3. The van der Waals surface area contributed by atoms with Crippen LogP contribution in [-0.2, 0) is 16.0 Å². The van der Waals surface area contributed by atoms with Gasteiger partial charge in [0.05, 0.1) is 19.6 Å². The van der Waals surface area contributed by atoms with Crippen molar-refractivity contribution in [3.63, 3.8) is 0 Å². The molecule has 0 saturated carbocycles. The Labute approximate surface area is 185 Å². The molecule has 0 aliphatic carbocycles. The number of hydrazine groups is 1. The molecule has 0 saturated heterocycles. The number of methoxy groups -OCH3 is 1. The summed E-state index contributed by atoms with van der Waals surface area (Å²) in [6, 6.07) is 21.9. The fraction of sp³-hybridized carbons (Fsp3) is 0.167. The summed E-state index contributed by atoms with van der Waals surface area (Å²) in [6.45, 7) is 0. The highest BCUT2D eigenvalue weighted by atomic mass is 16.5. The molecule has 0 fully saturated rings. The number of esters is 1. The number of carbonyl (C=O) groups excluding carboxylic acids is 3. The Kier molecular flexibility index (Phi) is 7.66. The van der Waals surface area contributed by atoms with E-state index in [4.69, 9.17) is 0 Å². The first-order valence-electron chi connectivity index (χ1n) is 9.93. The molecule has 0 bridgehead atoms. The molecule has 8 nitrogen and oxygen atoms in total. The van der Waals surface area contributed by atoms with Crippen LogP contribution in [0, 0.1) is 0 Å². The van der Waals surface area contributed by atoms with Gasteiger partial charge in [0.1, 0.15) is 11.4 Å². The van der Waals surface area contributed by atoms with Gasteiger partial charge in [0.15, 0.2) is 0 Å². The minimum absolute atomic E-state index is 0.0276. The molecule has 1 unspecified atom stereocenters. The first-order valence-corrected chi connectivity index (χ1v) is 9.93. The monoisotopic (exact) mass is 433 g/mol. The number of ether oxygens (including phenoxy) is 1. The van der Waals surface area contributed by atoms with Crippen molar-refractivity contribution >= 4 is 17.8 Å². The van der Waals surface area contributed by atoms with E-state index >= 15 is 0 Å². The molecule has 2 aromatic carbocycles. The number of rotatable bonds is 7. The molecular weight excluding hydrogens is 410 g/mol. The van der Waals surface area contributed by atoms with Gasteiger partial charge < -0.3 is 9.84 Å². The van der Waals surface area contributed by atoms with Crippen molar-refractivity contribution < 1.29 is 24.2 Å². The van der Waals surface area contributed by atoms with E-state index in [-0.39, 0.29) is 17.8 Å². The smallest absolute Gasteiger partial charge is 0.356 e. The van der Waals surface area contributed by atoms with Crippen molar-refractivity contribution in [3.8, 4) is 11.1 Å². The summed E-state index contributed by atoms with van der Waals surface area (Å²) in [5.74, 6) is -1.94. The van der Waals surface area contributed by atoms with Crippen LogP contribution in [0.15, 0.2) is 72.8 Å². The lowest BCUT2D eigenvalue weighted by Gasteiger charge is -2.12. The van der Waals surface area contributed by atoms with Crippen LogP contribution in [0.2, 0.25) is 0 Å². The van der Waals surface area contributed by atoms with Gasteiger partial charge >= 0.3 is 5.97 Å². The molecular formula is C24H23N3O5. The number of nitrogens with zero attached hydrogens (tertiary/aromatic N) is 1. The fourth-order valence-corrected chi connectivity index (χ4v) is 3.04. The number of benzene rings is 2. The van der Waals surface area contributed by atoms with Gasteiger partial charge in [0.2, 0.25) is 5.91 Å². The van der Waals surface area contributed by atoms with Crippen LogP contribution in [0.1, 0.15) is 33.0 Å². The first-order chi connectivity index (χ1) is 15.5. The molecule has 3 rings (SSSR count). The maximum Gasteiger partial charge on any atom is 0.356 e. The number of carbonyl (C=O) groups is 3. The predicted octanol–water partition coefficient (Wildman–Crippen LogP) is 2.29. The van der Waals surface area contributed by atoms with E-state index in [1.807, 2.05) is 54.6 Å². The highest BCUT2D eigenvalue weighted by molar-refractivity contribution is 5.95. The molecule has 32 heavy (non-hydrogen) atoms. The number of hydrogen-bond acceptors (Lipinski definition) is 6. The molecule has 1 heterocycles. The third-order valence-electron chi connectivity index (χ3n) is 4.65. The van der Waals surface area contributed by atoms with Crippen molar-refractivity contribution in [1.82, 2.24) is 15.8 Å². The summed E-state index contributed by atoms with van der Waals surface area (Å²) in [6.07, 6.45) is -0.828. The molecule has 0 radical (unpaired) electrons. The van der Waals surface area contributed by atoms with Crippen LogP contribution < -0.4 is 10.9 Å². The largest absolute Gasteiger partial charge is 0.464 e. The Morgan fingerprint density at radius 2 is 1.53 bits per heavy atom. The van der Waals surface area contributed by atoms with Gasteiger partial charge in [-0.15, -0.1) is 0 Å². The van der Waals surface area contributed by atoms with Gasteiger partial charge in [-0.05, 0) is 35.2 Å². The lowest BCUT2D eigenvalue weighted by molar-refractivity contribution is -0.123. The molecule has 1 atom stereocenters. The number of nitrogens with one attached hydrogen (secondary N) is 2. The SMILES string of the molecule is COC(=O)c1cccc(C(=O)NNC(=O)CC(O)Cc2ccc(-c3ccccc3)cc2)n1. The summed E-state index contributed by atoms with van der Waals surface area (Å²) < 4.78 is 4.56. The molecule has 0 aliphatic heterocycles. The van der Waals surface area contributed by atoms with Crippen molar-refractivity contribution in [2.45, 2.75) is 18.9 Å². The third kappa shape index (κ3) is 6.23. The van der Waals surface area contributed by atoms with Crippen molar-refractivity contribution in [1.29, 1.82) is 0 Å². The zero-order valence-electron chi connectivity index (χ0n) is 17.4. The van der Waals surface area contributed by atoms with Gasteiger partial charge in [-0.2, -0.15) is 0 Å². The van der Waals surface area contributed by atoms with Gasteiger partial charge in [-0.1, -0.05) is 60.7 Å². The summed E-state index contributed by atoms with van der Waals surface area (Å²) in [5, 5.41) is 10.2. The fourth-order valence-electron chi connectivity index (χ4n) is 3.04. The third-order valence-corrected chi connectivity index (χ3v) is 4.65. The molecule has 3 aromatic rings. The first kappa shape index (κ1) is 22.6. The van der Waals surface area contributed by atoms with Crippen LogP contribution >= 0.6 is 0 Å². The van der Waals surface area contributed by atoms with Gasteiger partial charge in [0.25, 0.3) is 5.91 Å². The van der Waals surface area contributed by atoms with E-state index in [1.165, 1.54) is 25.3 Å². The van der Waals surface area contributed by atoms with Crippen molar-refractivity contribution in [2.75, 3.05) is 7.11 Å². The van der Waals surface area contributed by atoms with Crippen LogP contribution in [0.5, 0.6) is 0 Å². The minimum atomic E-state index is -0.921. The van der Waals surface area contributed by atoms with Gasteiger partial charge in [0, 0.05) is 0 Å². The average molecular weight is 433 g/mol. The van der Waals surface area contributed by atoms with Crippen LogP contribution in [0.4, 0.5) is 0 Å². The zero-order chi connectivity index (χ0) is 22.9. The van der Waals surface area contributed by atoms with E-state index in [0.29, 0.717) is 6.42 Å². The average Bonchev–Trinajstić information content (AvgIpc) is 2.83. The molecule has 8 heteroatoms. The maximum atomic E-state index is 12.1. The van der Waals surface area contributed by atoms with Crippen molar-refractivity contribution in [3.05, 3.63) is 89.7 Å². The van der Waals surface area contributed by atoms with E-state index in [9.17, 15) is 19.5 Å². The quantitative estimate of drug-likeness (QED) is 0.389. The summed E-state index contributed by atoms with van der Waals surface area (Å²) in [5.41, 5.74) is 7.41. The number of pyridine rings is 1. The van der Waals surface area contributed by atoms with Crippen LogP contribution in [0.3, 0.4) is 0 Å².